The van der Waals surface area contributed by atoms with E-state index in [0.29, 0.717) is 10.5 Å². The molecule has 1 N–H and O–H groups in total. The highest BCUT2D eigenvalue weighted by Gasteiger charge is 2.44. The summed E-state index contributed by atoms with van der Waals surface area (Å²) in [6.07, 6.45) is -4.48. The number of rotatable bonds is 1. The lowest BCUT2D eigenvalue weighted by molar-refractivity contribution is -0.165. The zero-order chi connectivity index (χ0) is 16.1. The largest absolute Gasteiger partial charge is 0.416 e. The van der Waals surface area contributed by atoms with Gasteiger partial charge in [0.25, 0.3) is 0 Å². The number of methoxy groups -OCH3 is 1. The third-order valence-electron chi connectivity index (χ3n) is 3.84. The molecule has 0 saturated heterocycles. The third-order valence-corrected chi connectivity index (χ3v) is 4.97. The van der Waals surface area contributed by atoms with Crippen molar-refractivity contribution in [3.63, 3.8) is 0 Å². The van der Waals surface area contributed by atoms with Gasteiger partial charge >= 0.3 is 6.18 Å². The summed E-state index contributed by atoms with van der Waals surface area (Å²) in [5, 5.41) is 11.0. The van der Waals surface area contributed by atoms with Crippen molar-refractivity contribution < 1.29 is 23.0 Å². The fourth-order valence-corrected chi connectivity index (χ4v) is 4.03. The first kappa shape index (κ1) is 15.4. The van der Waals surface area contributed by atoms with Crippen molar-refractivity contribution in [2.24, 2.45) is 0 Å². The van der Waals surface area contributed by atoms with E-state index in [1.165, 1.54) is 31.9 Å². The fourth-order valence-electron chi connectivity index (χ4n) is 2.80. The maximum Gasteiger partial charge on any atom is 0.416 e. The Labute approximate surface area is 129 Å². The molecule has 1 atom stereocenters. The van der Waals surface area contributed by atoms with Gasteiger partial charge in [-0.2, -0.15) is 13.2 Å². The zero-order valence-electron chi connectivity index (χ0n) is 11.9. The molecular formula is C16H13F3O2S. The van der Waals surface area contributed by atoms with Crippen molar-refractivity contribution in [1.82, 2.24) is 0 Å². The van der Waals surface area contributed by atoms with Crippen LogP contribution in [0.3, 0.4) is 0 Å². The van der Waals surface area contributed by atoms with Crippen LogP contribution in [-0.2, 0) is 16.7 Å². The number of aliphatic hydroxyl groups is 1. The Bertz CT molecular complexity index is 743. The van der Waals surface area contributed by atoms with E-state index in [0.717, 1.165) is 11.0 Å². The summed E-state index contributed by atoms with van der Waals surface area (Å²) in [5.74, 6) is -1.89. The number of alkyl halides is 3. The van der Waals surface area contributed by atoms with Crippen LogP contribution >= 0.6 is 11.8 Å². The Morgan fingerprint density at radius 1 is 1.09 bits per heavy atom. The monoisotopic (exact) mass is 326 g/mol. The summed E-state index contributed by atoms with van der Waals surface area (Å²) in [5.41, 5.74) is -0.163. The van der Waals surface area contributed by atoms with Gasteiger partial charge in [0.05, 0.1) is 5.56 Å². The second kappa shape index (κ2) is 5.01. The summed E-state index contributed by atoms with van der Waals surface area (Å²) in [6.45, 7) is 1.36. The molecule has 0 fully saturated rings. The number of ether oxygens (including phenoxy) is 1. The predicted octanol–water partition coefficient (Wildman–Crippen LogP) is 4.32. The van der Waals surface area contributed by atoms with Gasteiger partial charge < -0.3 is 9.84 Å². The van der Waals surface area contributed by atoms with Crippen LogP contribution in [0.15, 0.2) is 46.2 Å². The lowest BCUT2D eigenvalue weighted by Gasteiger charge is -2.36. The molecule has 1 aliphatic rings. The molecule has 0 spiro atoms. The van der Waals surface area contributed by atoms with Crippen molar-refractivity contribution in [1.29, 1.82) is 0 Å². The first-order valence-electron chi connectivity index (χ1n) is 6.55. The van der Waals surface area contributed by atoms with Crippen LogP contribution in [0.2, 0.25) is 0 Å². The summed E-state index contributed by atoms with van der Waals surface area (Å²) >= 11 is 1.33. The summed E-state index contributed by atoms with van der Waals surface area (Å²) in [6, 6.07) is 9.43. The number of hydrogen-bond donors (Lipinski definition) is 1. The van der Waals surface area contributed by atoms with Gasteiger partial charge in [-0.1, -0.05) is 30.0 Å². The van der Waals surface area contributed by atoms with Gasteiger partial charge in [-0.3, -0.25) is 0 Å². The normalized spacial score (nSPS) is 20.5. The average molecular weight is 326 g/mol. The zero-order valence-corrected chi connectivity index (χ0v) is 12.7. The van der Waals surface area contributed by atoms with Crippen LogP contribution in [0.25, 0.3) is 0 Å². The molecule has 0 amide bonds. The maximum atomic E-state index is 13.1. The van der Waals surface area contributed by atoms with E-state index in [2.05, 4.69) is 0 Å². The SMILES string of the molecule is COC1(O)c2ccccc2Sc2ccc(C(F)(F)F)c(C)c21. The molecule has 6 heteroatoms. The molecule has 1 heterocycles. The summed E-state index contributed by atoms with van der Waals surface area (Å²) in [4.78, 5) is 1.33. The average Bonchev–Trinajstić information content (AvgIpc) is 2.46. The van der Waals surface area contributed by atoms with E-state index in [4.69, 9.17) is 4.74 Å². The highest BCUT2D eigenvalue weighted by Crippen LogP contribution is 2.51. The Morgan fingerprint density at radius 2 is 1.77 bits per heavy atom. The van der Waals surface area contributed by atoms with E-state index in [1.807, 2.05) is 6.07 Å². The molecular weight excluding hydrogens is 313 g/mol. The highest BCUT2D eigenvalue weighted by atomic mass is 32.2. The Balaban J connectivity index is 2.31. The number of fused-ring (bicyclic) bond motifs is 2. The van der Waals surface area contributed by atoms with Crippen LogP contribution in [0, 0.1) is 6.92 Å². The molecule has 2 nitrogen and oxygen atoms in total. The van der Waals surface area contributed by atoms with Crippen LogP contribution < -0.4 is 0 Å². The van der Waals surface area contributed by atoms with Gasteiger partial charge in [-0.25, -0.2) is 0 Å². The van der Waals surface area contributed by atoms with Crippen molar-refractivity contribution >= 4 is 11.8 Å². The van der Waals surface area contributed by atoms with Crippen LogP contribution in [0.4, 0.5) is 13.2 Å². The van der Waals surface area contributed by atoms with Gasteiger partial charge in [-0.15, -0.1) is 0 Å². The Morgan fingerprint density at radius 3 is 2.41 bits per heavy atom. The van der Waals surface area contributed by atoms with Gasteiger partial charge in [0, 0.05) is 28.0 Å². The molecule has 1 unspecified atom stereocenters. The van der Waals surface area contributed by atoms with Crippen molar-refractivity contribution in [3.8, 4) is 0 Å². The van der Waals surface area contributed by atoms with E-state index in [1.54, 1.807) is 18.2 Å². The molecule has 0 radical (unpaired) electrons. The molecule has 2 aromatic carbocycles. The minimum absolute atomic E-state index is 0.0173. The van der Waals surface area contributed by atoms with Gasteiger partial charge in [0.1, 0.15) is 0 Å². The molecule has 3 rings (SSSR count). The Hall–Kier alpha value is -1.50. The van der Waals surface area contributed by atoms with Crippen molar-refractivity contribution in [3.05, 3.63) is 58.7 Å². The second-order valence-corrected chi connectivity index (χ2v) is 6.14. The molecule has 0 aliphatic carbocycles. The van der Waals surface area contributed by atoms with Crippen LogP contribution in [0.5, 0.6) is 0 Å². The lowest BCUT2D eigenvalue weighted by Crippen LogP contribution is -2.34. The number of halogens is 3. The number of benzene rings is 2. The molecule has 0 saturated carbocycles. The highest BCUT2D eigenvalue weighted by molar-refractivity contribution is 7.99. The standard InChI is InChI=1S/C16H13F3O2S/c1-9-10(16(17,18)19)7-8-13-14(9)15(20,21-2)11-5-3-4-6-12(11)22-13/h3-8,20H,1-2H3. The van der Waals surface area contributed by atoms with Crippen LogP contribution in [0.1, 0.15) is 22.3 Å². The lowest BCUT2D eigenvalue weighted by atomic mass is 9.90. The minimum Gasteiger partial charge on any atom is -0.358 e. The van der Waals surface area contributed by atoms with Gasteiger partial charge in [0.2, 0.25) is 5.79 Å². The van der Waals surface area contributed by atoms with Gasteiger partial charge in [-0.05, 0) is 30.7 Å². The molecule has 2 aromatic rings. The first-order chi connectivity index (χ1) is 10.3. The smallest absolute Gasteiger partial charge is 0.358 e. The van der Waals surface area contributed by atoms with Gasteiger partial charge in [0.15, 0.2) is 0 Å². The summed E-state index contributed by atoms with van der Waals surface area (Å²) in [7, 11) is 1.29. The topological polar surface area (TPSA) is 29.5 Å². The number of hydrogen-bond acceptors (Lipinski definition) is 3. The molecule has 0 bridgehead atoms. The molecule has 1 aliphatic heterocycles. The molecule has 0 aromatic heterocycles. The van der Waals surface area contributed by atoms with Crippen molar-refractivity contribution in [2.75, 3.05) is 7.11 Å². The summed E-state index contributed by atoms with van der Waals surface area (Å²) < 4.78 is 44.7. The van der Waals surface area contributed by atoms with E-state index in [9.17, 15) is 18.3 Å². The van der Waals surface area contributed by atoms with E-state index >= 15 is 0 Å². The minimum atomic E-state index is -4.48. The van der Waals surface area contributed by atoms with Crippen molar-refractivity contribution in [2.45, 2.75) is 28.7 Å². The third kappa shape index (κ3) is 2.14. The predicted molar refractivity (Wildman–Crippen MR) is 76.8 cm³/mol. The first-order valence-corrected chi connectivity index (χ1v) is 7.37. The fraction of sp³-hybridized carbons (Fsp3) is 0.250. The molecule has 22 heavy (non-hydrogen) atoms. The second-order valence-electron chi connectivity index (χ2n) is 5.06. The van der Waals surface area contributed by atoms with Crippen LogP contribution in [-0.4, -0.2) is 12.2 Å². The maximum absolute atomic E-state index is 13.1. The molecule has 116 valence electrons. The van der Waals surface area contributed by atoms with E-state index in [-0.39, 0.29) is 11.1 Å². The quantitative estimate of drug-likeness (QED) is 0.792. The van der Waals surface area contributed by atoms with E-state index < -0.39 is 17.5 Å². The Kier molecular flexibility index (Phi) is 3.51.